The molecular weight excluding hydrogens is 397 g/mol. The summed E-state index contributed by atoms with van der Waals surface area (Å²) in [5.74, 6) is 0.177. The first-order chi connectivity index (χ1) is 13.1. The molecule has 0 atom stereocenters. The second-order valence-electron chi connectivity index (χ2n) is 7.33. The molecule has 0 bridgehead atoms. The van der Waals surface area contributed by atoms with Gasteiger partial charge < -0.3 is 0 Å². The minimum atomic E-state index is -0.758. The number of nitrogens with zero attached hydrogens (tertiary/aromatic N) is 1. The van der Waals surface area contributed by atoms with Crippen molar-refractivity contribution in [3.63, 3.8) is 0 Å². The summed E-state index contributed by atoms with van der Waals surface area (Å²) in [6.07, 6.45) is 1.05. The van der Waals surface area contributed by atoms with Crippen molar-refractivity contribution in [2.45, 2.75) is 36.1 Å². The van der Waals surface area contributed by atoms with Crippen LogP contribution in [0.5, 0.6) is 0 Å². The van der Waals surface area contributed by atoms with Crippen molar-refractivity contribution in [3.05, 3.63) is 65.2 Å². The molecule has 3 rings (SSSR count). The van der Waals surface area contributed by atoms with Gasteiger partial charge in [0.25, 0.3) is 0 Å². The average Bonchev–Trinajstić information content (AvgIpc) is 2.70. The van der Waals surface area contributed by atoms with Crippen molar-refractivity contribution in [3.8, 4) is 0 Å². The first kappa shape index (κ1) is 20.0. The van der Waals surface area contributed by atoms with Crippen LogP contribution in [-0.4, -0.2) is 45.1 Å². The molecule has 1 amide bonds. The van der Waals surface area contributed by atoms with Crippen molar-refractivity contribution in [1.29, 1.82) is 0 Å². The van der Waals surface area contributed by atoms with Crippen LogP contribution in [0.2, 0.25) is 16.6 Å². The van der Waals surface area contributed by atoms with E-state index in [1.807, 2.05) is 23.1 Å². The van der Waals surface area contributed by atoms with E-state index in [1.54, 1.807) is 0 Å². The van der Waals surface area contributed by atoms with E-state index < -0.39 is 14.7 Å². The van der Waals surface area contributed by atoms with Crippen molar-refractivity contribution in [1.82, 2.24) is 10.2 Å². The molecule has 144 valence electrons. The maximum atomic E-state index is 13.0. The van der Waals surface area contributed by atoms with Gasteiger partial charge in [-0.05, 0) is 0 Å². The first-order valence-corrected chi connectivity index (χ1v) is 14.7. The number of carbonyl (C=O) groups is 1. The van der Waals surface area contributed by atoms with Crippen LogP contribution in [0.4, 0.5) is 5.69 Å². The second kappa shape index (κ2) is 9.96. The molecule has 0 aromatic heterocycles. The van der Waals surface area contributed by atoms with E-state index in [4.69, 9.17) is 0 Å². The number of nitrogens with one attached hydrogen (secondary N) is 2. The molecule has 0 saturated heterocycles. The van der Waals surface area contributed by atoms with Crippen LogP contribution in [0.15, 0.2) is 48.5 Å². The summed E-state index contributed by atoms with van der Waals surface area (Å²) in [4.78, 5) is 15.0. The Hall–Kier alpha value is -1.77. The molecule has 0 fully saturated rings. The molecule has 2 aromatic carbocycles. The van der Waals surface area contributed by atoms with Gasteiger partial charge in [-0.25, -0.2) is 0 Å². The van der Waals surface area contributed by atoms with Crippen molar-refractivity contribution >= 4 is 26.2 Å². The molecule has 5 heteroatoms. The van der Waals surface area contributed by atoms with Gasteiger partial charge in [-0.1, -0.05) is 0 Å². The van der Waals surface area contributed by atoms with Gasteiger partial charge in [0, 0.05) is 0 Å². The fourth-order valence-corrected chi connectivity index (χ4v) is 4.72. The van der Waals surface area contributed by atoms with E-state index in [0.29, 0.717) is 13.1 Å². The van der Waals surface area contributed by atoms with E-state index in [9.17, 15) is 4.79 Å². The number of hydrogen-bond donors (Lipinski definition) is 2. The van der Waals surface area contributed by atoms with Gasteiger partial charge in [0.2, 0.25) is 0 Å². The molecule has 0 aliphatic carbocycles. The Morgan fingerprint density at radius 3 is 2.74 bits per heavy atom. The number of anilines is 1. The molecule has 4 nitrogen and oxygen atoms in total. The molecular formula is C22H30AsN3O. The molecule has 0 spiro atoms. The van der Waals surface area contributed by atoms with Crippen LogP contribution in [0.3, 0.4) is 0 Å². The number of benzene rings is 2. The summed E-state index contributed by atoms with van der Waals surface area (Å²) >= 11 is -0.758. The summed E-state index contributed by atoms with van der Waals surface area (Å²) in [5.41, 5.74) is 9.67. The fourth-order valence-electron chi connectivity index (χ4n) is 3.38. The van der Waals surface area contributed by atoms with E-state index in [1.165, 1.54) is 16.7 Å². The third-order valence-corrected chi connectivity index (χ3v) is 7.26. The number of carbonyl (C=O) groups excluding carboxylic acids is 1. The van der Waals surface area contributed by atoms with E-state index in [0.717, 1.165) is 37.0 Å². The van der Waals surface area contributed by atoms with E-state index >= 15 is 0 Å². The molecule has 1 aliphatic heterocycles. The molecule has 0 radical (unpaired) electrons. The first-order valence-electron chi connectivity index (χ1n) is 9.65. The van der Waals surface area contributed by atoms with Crippen LogP contribution in [0, 0.1) is 0 Å². The van der Waals surface area contributed by atoms with E-state index in [-0.39, 0.29) is 5.91 Å². The summed E-state index contributed by atoms with van der Waals surface area (Å²) in [7, 11) is 0. The van der Waals surface area contributed by atoms with Crippen LogP contribution < -0.4 is 10.6 Å². The molecule has 1 aliphatic rings. The predicted octanol–water partition coefficient (Wildman–Crippen LogP) is 3.53. The molecule has 2 N–H and O–H groups in total. The summed E-state index contributed by atoms with van der Waals surface area (Å²) < 4.78 is 0. The third kappa shape index (κ3) is 5.85. The maximum absolute atomic E-state index is 13.0. The summed E-state index contributed by atoms with van der Waals surface area (Å²) in [6.45, 7) is 3.80. The Kier molecular flexibility index (Phi) is 7.37. The van der Waals surface area contributed by atoms with Crippen molar-refractivity contribution in [2.24, 2.45) is 0 Å². The van der Waals surface area contributed by atoms with Gasteiger partial charge in [-0.2, -0.15) is 0 Å². The number of amides is 1. The van der Waals surface area contributed by atoms with Crippen LogP contribution in [0.1, 0.15) is 16.7 Å². The van der Waals surface area contributed by atoms with Gasteiger partial charge in [0.05, 0.1) is 0 Å². The average molecular weight is 427 g/mol. The fraction of sp³-hybridized carbons (Fsp3) is 0.409. The zero-order chi connectivity index (χ0) is 19.1. The molecule has 2 aromatic rings. The minimum absolute atomic E-state index is 0.177. The number of hydrogen-bond acceptors (Lipinski definition) is 3. The van der Waals surface area contributed by atoms with Gasteiger partial charge in [-0.3, -0.25) is 0 Å². The van der Waals surface area contributed by atoms with Crippen LogP contribution in [0.25, 0.3) is 0 Å². The standard InChI is InChI=1S/C22H30AsN3O/c1-23(2)12-14-26(17-18-7-4-3-5-8-18)22(27)16-25-21-10-6-9-19-11-13-24-15-20(19)21/h3-10,24-25H,11-17H2,1-2H3. The summed E-state index contributed by atoms with van der Waals surface area (Å²) in [6, 6.07) is 16.7. The number of fused-ring (bicyclic) bond motifs is 1. The molecule has 27 heavy (non-hydrogen) atoms. The van der Waals surface area contributed by atoms with Crippen LogP contribution >= 0.6 is 0 Å². The Balaban J connectivity index is 1.65. The zero-order valence-electron chi connectivity index (χ0n) is 16.4. The second-order valence-corrected chi connectivity index (χ2v) is 12.8. The molecule has 1 heterocycles. The van der Waals surface area contributed by atoms with Crippen LogP contribution in [-0.2, 0) is 24.3 Å². The Bertz CT molecular complexity index is 748. The normalized spacial score (nSPS) is 13.3. The predicted molar refractivity (Wildman–Crippen MR) is 114 cm³/mol. The Morgan fingerprint density at radius 2 is 1.96 bits per heavy atom. The Labute approximate surface area is 167 Å². The van der Waals surface area contributed by atoms with Crippen molar-refractivity contribution in [2.75, 3.05) is 25.0 Å². The van der Waals surface area contributed by atoms with E-state index in [2.05, 4.69) is 52.4 Å². The van der Waals surface area contributed by atoms with Crippen molar-refractivity contribution < 1.29 is 4.79 Å². The molecule has 0 saturated carbocycles. The SMILES string of the molecule is C[As](C)CCN(Cc1ccccc1)C(=O)CNc1cccc2c1CNCC2. The van der Waals surface area contributed by atoms with Gasteiger partial charge in [-0.15, -0.1) is 0 Å². The quantitative estimate of drug-likeness (QED) is 0.634. The topological polar surface area (TPSA) is 44.4 Å². The monoisotopic (exact) mass is 427 g/mol. The number of rotatable bonds is 8. The third-order valence-electron chi connectivity index (χ3n) is 4.96. The molecule has 0 unspecified atom stereocenters. The van der Waals surface area contributed by atoms with Gasteiger partial charge in [0.1, 0.15) is 0 Å². The zero-order valence-corrected chi connectivity index (χ0v) is 18.2. The van der Waals surface area contributed by atoms with Gasteiger partial charge in [0.15, 0.2) is 0 Å². The van der Waals surface area contributed by atoms with Gasteiger partial charge >= 0.3 is 168 Å². The summed E-state index contributed by atoms with van der Waals surface area (Å²) in [5, 5.41) is 8.00. The Morgan fingerprint density at radius 1 is 1.15 bits per heavy atom.